The zero-order valence-corrected chi connectivity index (χ0v) is 7.03. The highest BCUT2D eigenvalue weighted by Gasteiger charge is 2.19. The summed E-state index contributed by atoms with van der Waals surface area (Å²) in [5.74, 6) is 0.663. The van der Waals surface area contributed by atoms with Crippen LogP contribution in [0.3, 0.4) is 0 Å². The maximum absolute atomic E-state index is 5.80. The van der Waals surface area contributed by atoms with Crippen molar-refractivity contribution in [2.24, 2.45) is 11.7 Å². The Morgan fingerprint density at radius 2 is 2.33 bits per heavy atom. The normalized spacial score (nSPS) is 39.0. The fourth-order valence-electron chi connectivity index (χ4n) is 1.20. The smallest absolute Gasteiger partial charge is 0.00891 e. The van der Waals surface area contributed by atoms with Crippen molar-refractivity contribution in [2.45, 2.75) is 19.4 Å². The van der Waals surface area contributed by atoms with Gasteiger partial charge in [0, 0.05) is 19.1 Å². The second-order valence-electron chi connectivity index (χ2n) is 2.92. The van der Waals surface area contributed by atoms with Crippen molar-refractivity contribution in [3.8, 4) is 0 Å². The molecule has 1 saturated heterocycles. The topological polar surface area (TPSA) is 29.3 Å². The molecule has 0 aliphatic carbocycles. The van der Waals surface area contributed by atoms with E-state index in [-0.39, 0.29) is 0 Å². The highest BCUT2D eigenvalue weighted by molar-refractivity contribution is 7.13. The van der Waals surface area contributed by atoms with Gasteiger partial charge in [-0.1, -0.05) is 16.3 Å². The second-order valence-corrected chi connectivity index (χ2v) is 3.66. The van der Waals surface area contributed by atoms with E-state index >= 15 is 0 Å². The zero-order valence-electron chi connectivity index (χ0n) is 5.88. The van der Waals surface area contributed by atoms with E-state index < -0.39 is 0 Å². The van der Waals surface area contributed by atoms with Crippen LogP contribution in [0.15, 0.2) is 0 Å². The molecule has 2 N–H and O–H groups in total. The molecule has 9 heavy (non-hydrogen) atoms. The number of hydrogen-bond acceptors (Lipinski definition) is 2. The van der Waals surface area contributed by atoms with Crippen molar-refractivity contribution in [2.75, 3.05) is 13.1 Å². The van der Waals surface area contributed by atoms with Gasteiger partial charge in [0.25, 0.3) is 0 Å². The summed E-state index contributed by atoms with van der Waals surface area (Å²) in [4.78, 5) is 0. The zero-order chi connectivity index (χ0) is 6.85. The maximum atomic E-state index is 5.80. The molecule has 1 rings (SSSR count). The van der Waals surface area contributed by atoms with E-state index in [9.17, 15) is 0 Å². The molecule has 1 aliphatic rings. The first kappa shape index (κ1) is 7.46. The summed E-state index contributed by atoms with van der Waals surface area (Å²) in [5, 5.41) is 0. The molecule has 0 saturated carbocycles. The lowest BCUT2D eigenvalue weighted by Crippen LogP contribution is -2.41. The average Bonchev–Trinajstić information content (AvgIpc) is 1.80. The van der Waals surface area contributed by atoms with Gasteiger partial charge in [-0.05, 0) is 12.3 Å². The van der Waals surface area contributed by atoms with Crippen LogP contribution in [0, 0.1) is 5.92 Å². The Kier molecular flexibility index (Phi) is 2.45. The van der Waals surface area contributed by atoms with E-state index in [0.717, 1.165) is 19.5 Å². The van der Waals surface area contributed by atoms with Gasteiger partial charge in [0.15, 0.2) is 0 Å². The summed E-state index contributed by atoms with van der Waals surface area (Å²) < 4.78 is 2.26. The lowest BCUT2D eigenvalue weighted by Gasteiger charge is -2.31. The van der Waals surface area contributed by atoms with E-state index in [1.807, 2.05) is 0 Å². The van der Waals surface area contributed by atoms with Crippen LogP contribution in [-0.2, 0) is 0 Å². The molecule has 0 radical (unpaired) electrons. The van der Waals surface area contributed by atoms with Crippen molar-refractivity contribution in [1.29, 1.82) is 0 Å². The van der Waals surface area contributed by atoms with Crippen molar-refractivity contribution in [3.63, 3.8) is 0 Å². The number of rotatable bonds is 0. The molecule has 0 bridgehead atoms. The van der Waals surface area contributed by atoms with Gasteiger partial charge >= 0.3 is 0 Å². The van der Waals surface area contributed by atoms with Crippen LogP contribution in [0.5, 0.6) is 0 Å². The molecular formula is C6H15N2P. The SMILES string of the molecule is CC1CN(P)CCC1N. The third-order valence-corrected chi connectivity index (χ3v) is 2.47. The molecule has 0 aromatic carbocycles. The summed E-state index contributed by atoms with van der Waals surface area (Å²) in [6.07, 6.45) is 1.14. The van der Waals surface area contributed by atoms with Crippen LogP contribution in [-0.4, -0.2) is 23.8 Å². The predicted molar refractivity (Wildman–Crippen MR) is 43.0 cm³/mol. The molecule has 1 fully saturated rings. The maximum Gasteiger partial charge on any atom is 0.00891 e. The van der Waals surface area contributed by atoms with Crippen molar-refractivity contribution >= 4 is 9.39 Å². The molecule has 3 heteroatoms. The lowest BCUT2D eigenvalue weighted by molar-refractivity contribution is 0.265. The highest BCUT2D eigenvalue weighted by Crippen LogP contribution is 2.16. The Hall–Kier alpha value is 0.350. The fourth-order valence-corrected chi connectivity index (χ4v) is 1.68. The molecule has 1 aliphatic heterocycles. The molecular weight excluding hydrogens is 131 g/mol. The Morgan fingerprint density at radius 1 is 1.67 bits per heavy atom. The van der Waals surface area contributed by atoms with Crippen molar-refractivity contribution in [1.82, 2.24) is 4.67 Å². The highest BCUT2D eigenvalue weighted by atomic mass is 31.0. The predicted octanol–water partition coefficient (Wildman–Crippen LogP) is 0.446. The van der Waals surface area contributed by atoms with Gasteiger partial charge in [0.2, 0.25) is 0 Å². The quantitative estimate of drug-likeness (QED) is 0.503. The number of piperidine rings is 1. The van der Waals surface area contributed by atoms with Crippen LogP contribution >= 0.6 is 9.39 Å². The molecule has 0 spiro atoms. The molecule has 54 valence electrons. The Morgan fingerprint density at radius 3 is 2.78 bits per heavy atom. The number of hydrogen-bond donors (Lipinski definition) is 1. The van der Waals surface area contributed by atoms with Gasteiger partial charge in [-0.2, -0.15) is 0 Å². The molecule has 0 amide bonds. The van der Waals surface area contributed by atoms with Gasteiger partial charge in [0.1, 0.15) is 0 Å². The first-order valence-corrected chi connectivity index (χ1v) is 3.97. The standard InChI is InChI=1S/C6H15N2P/c1-5-4-8(9)3-2-6(5)7/h5-6H,2-4,7,9H2,1H3. The first-order valence-electron chi connectivity index (χ1n) is 3.45. The van der Waals surface area contributed by atoms with Crippen LogP contribution in [0.25, 0.3) is 0 Å². The van der Waals surface area contributed by atoms with Gasteiger partial charge < -0.3 is 5.73 Å². The largest absolute Gasteiger partial charge is 0.327 e. The molecule has 3 unspecified atom stereocenters. The third-order valence-electron chi connectivity index (χ3n) is 2.00. The van der Waals surface area contributed by atoms with E-state index in [0.29, 0.717) is 12.0 Å². The molecule has 1 heterocycles. The van der Waals surface area contributed by atoms with Gasteiger partial charge in [-0.15, -0.1) is 0 Å². The molecule has 2 nitrogen and oxygen atoms in total. The van der Waals surface area contributed by atoms with Gasteiger partial charge in [-0.3, -0.25) is 4.67 Å². The lowest BCUT2D eigenvalue weighted by atomic mass is 9.96. The second kappa shape index (κ2) is 2.96. The summed E-state index contributed by atoms with van der Waals surface area (Å²) in [6, 6.07) is 0.432. The fraction of sp³-hybridized carbons (Fsp3) is 1.00. The summed E-state index contributed by atoms with van der Waals surface area (Å²) >= 11 is 0. The Balaban J connectivity index is 2.35. The Labute approximate surface area is 59.0 Å². The van der Waals surface area contributed by atoms with Gasteiger partial charge in [-0.25, -0.2) is 0 Å². The first-order chi connectivity index (χ1) is 4.20. The molecule has 3 atom stereocenters. The van der Waals surface area contributed by atoms with Crippen molar-refractivity contribution in [3.05, 3.63) is 0 Å². The minimum Gasteiger partial charge on any atom is -0.327 e. The molecule has 0 aromatic heterocycles. The monoisotopic (exact) mass is 146 g/mol. The molecule has 0 aromatic rings. The van der Waals surface area contributed by atoms with Crippen molar-refractivity contribution < 1.29 is 0 Å². The van der Waals surface area contributed by atoms with Crippen LogP contribution in [0.2, 0.25) is 0 Å². The summed E-state index contributed by atoms with van der Waals surface area (Å²) in [7, 11) is 2.72. The van der Waals surface area contributed by atoms with Crippen LogP contribution in [0.1, 0.15) is 13.3 Å². The summed E-state index contributed by atoms with van der Waals surface area (Å²) in [6.45, 7) is 4.48. The summed E-state index contributed by atoms with van der Waals surface area (Å²) in [5.41, 5.74) is 5.80. The van der Waals surface area contributed by atoms with E-state index in [1.165, 1.54) is 0 Å². The third kappa shape index (κ3) is 1.89. The number of nitrogens with two attached hydrogens (primary N) is 1. The van der Waals surface area contributed by atoms with E-state index in [2.05, 4.69) is 21.0 Å². The van der Waals surface area contributed by atoms with Gasteiger partial charge in [0.05, 0.1) is 0 Å². The number of nitrogens with zero attached hydrogens (tertiary/aromatic N) is 1. The van der Waals surface area contributed by atoms with E-state index in [1.54, 1.807) is 0 Å². The van der Waals surface area contributed by atoms with E-state index in [4.69, 9.17) is 5.73 Å². The minimum atomic E-state index is 0.432. The van der Waals surface area contributed by atoms with Crippen LogP contribution in [0.4, 0.5) is 0 Å². The minimum absolute atomic E-state index is 0.432. The van der Waals surface area contributed by atoms with Crippen LogP contribution < -0.4 is 5.73 Å². The Bertz CT molecular complexity index is 97.1. The average molecular weight is 146 g/mol.